The molecule has 0 aromatic carbocycles. The Hall–Kier alpha value is -1.41. The largest absolute Gasteiger partial charge is 0.394 e. The number of carbonyl (C=O) groups excluding carboxylic acids is 1. The van der Waals surface area contributed by atoms with Gasteiger partial charge < -0.3 is 50.5 Å². The number of allylic oxidation sites excluding steroid dienone is 4. The second-order valence-corrected chi connectivity index (χ2v) is 20.4. The molecule has 0 bridgehead atoms. The van der Waals surface area contributed by atoms with Crippen LogP contribution in [0.1, 0.15) is 264 Å². The van der Waals surface area contributed by atoms with E-state index < -0.39 is 74.2 Å². The standard InChI is InChI=1S/C57H109NO10/c1-3-5-7-9-11-12-13-14-15-16-17-18-19-20-21-22-23-24-25-26-27-28-29-30-31-32-33-34-35-36-37-39-41-43-45-50(61)56(66)58-48(52(62)49(60)44-42-40-38-10-8-6-4-2)47-67-57-55(65)54(64)53(63)51(46-59)68-57/h10,22-23,38,48-55,57,59-65H,3-9,11-21,24-37,39-47H2,1-2H3,(H,58,66)/b23-22-,38-10+. The van der Waals surface area contributed by atoms with Crippen molar-refractivity contribution in [2.24, 2.45) is 0 Å². The molecule has 1 saturated heterocycles. The number of carbonyl (C=O) groups is 1. The van der Waals surface area contributed by atoms with Crippen molar-refractivity contribution in [3.05, 3.63) is 24.3 Å². The molecule has 8 N–H and O–H groups in total. The SMILES string of the molecule is CCCC/C=C/CCCC(O)C(O)C(COC1OC(CO)C(O)C(O)C1O)NC(=O)C(O)CCCCCCCCCCCCCCCCCC/C=C\CCCCCCCCCCCCCCCC. The zero-order valence-corrected chi connectivity index (χ0v) is 43.9. The maximum absolute atomic E-state index is 13.1. The first kappa shape index (κ1) is 64.6. The van der Waals surface area contributed by atoms with Crippen LogP contribution in [0.4, 0.5) is 0 Å². The number of rotatable bonds is 49. The molecule has 1 heterocycles. The second kappa shape index (κ2) is 46.6. The first-order valence-corrected chi connectivity index (χ1v) is 28.7. The Morgan fingerprint density at radius 3 is 1.31 bits per heavy atom. The van der Waals surface area contributed by atoms with Gasteiger partial charge in [0.15, 0.2) is 6.29 Å². The van der Waals surface area contributed by atoms with Crippen molar-refractivity contribution in [3.8, 4) is 0 Å². The van der Waals surface area contributed by atoms with Crippen LogP contribution < -0.4 is 5.32 Å². The first-order chi connectivity index (χ1) is 33.2. The molecular weight excluding hydrogens is 859 g/mol. The highest BCUT2D eigenvalue weighted by molar-refractivity contribution is 5.80. The molecule has 0 radical (unpaired) electrons. The summed E-state index contributed by atoms with van der Waals surface area (Å²) in [7, 11) is 0. The van der Waals surface area contributed by atoms with E-state index in [1.165, 1.54) is 180 Å². The van der Waals surface area contributed by atoms with E-state index in [0.29, 0.717) is 12.8 Å². The number of hydrogen-bond donors (Lipinski definition) is 8. The number of ether oxygens (including phenoxy) is 2. The summed E-state index contributed by atoms with van der Waals surface area (Å²) in [4.78, 5) is 13.1. The minimum Gasteiger partial charge on any atom is -0.394 e. The lowest BCUT2D eigenvalue weighted by atomic mass is 9.98. The third-order valence-electron chi connectivity index (χ3n) is 14.0. The van der Waals surface area contributed by atoms with E-state index in [1.54, 1.807) is 0 Å². The molecule has 0 saturated carbocycles. The Kier molecular flexibility index (Phi) is 44.3. The topological polar surface area (TPSA) is 189 Å². The van der Waals surface area contributed by atoms with Crippen molar-refractivity contribution in [2.45, 2.75) is 319 Å². The zero-order valence-electron chi connectivity index (χ0n) is 43.9. The van der Waals surface area contributed by atoms with Crippen molar-refractivity contribution in [2.75, 3.05) is 13.2 Å². The van der Waals surface area contributed by atoms with Gasteiger partial charge in [0.25, 0.3) is 0 Å². The minimum atomic E-state index is -1.66. The lowest BCUT2D eigenvalue weighted by Crippen LogP contribution is -2.60. The van der Waals surface area contributed by atoms with E-state index >= 15 is 0 Å². The van der Waals surface area contributed by atoms with E-state index in [9.17, 15) is 40.5 Å². The molecule has 11 nitrogen and oxygen atoms in total. The van der Waals surface area contributed by atoms with E-state index in [0.717, 1.165) is 44.9 Å². The molecule has 1 rings (SSSR count). The summed E-state index contributed by atoms with van der Waals surface area (Å²) in [6.45, 7) is 3.35. The summed E-state index contributed by atoms with van der Waals surface area (Å²) >= 11 is 0. The smallest absolute Gasteiger partial charge is 0.249 e. The van der Waals surface area contributed by atoms with Crippen LogP contribution in [0.3, 0.4) is 0 Å². The Morgan fingerprint density at radius 1 is 0.500 bits per heavy atom. The summed E-state index contributed by atoms with van der Waals surface area (Å²) < 4.78 is 11.1. The third kappa shape index (κ3) is 34.8. The third-order valence-corrected chi connectivity index (χ3v) is 14.0. The summed E-state index contributed by atoms with van der Waals surface area (Å²) in [5.74, 6) is -0.707. The number of unbranched alkanes of at least 4 members (excludes halogenated alkanes) is 33. The Bertz CT molecular complexity index is 1160. The number of aliphatic hydroxyl groups excluding tert-OH is 7. The van der Waals surface area contributed by atoms with Crippen LogP contribution in [-0.2, 0) is 14.3 Å². The first-order valence-electron chi connectivity index (χ1n) is 28.7. The Labute approximate surface area is 416 Å². The predicted molar refractivity (Wildman–Crippen MR) is 279 cm³/mol. The average molecular weight is 968 g/mol. The van der Waals surface area contributed by atoms with E-state index in [-0.39, 0.29) is 12.8 Å². The molecule has 9 atom stereocenters. The fourth-order valence-corrected chi connectivity index (χ4v) is 9.25. The maximum Gasteiger partial charge on any atom is 0.249 e. The molecule has 1 aliphatic rings. The van der Waals surface area contributed by atoms with Crippen molar-refractivity contribution in [1.29, 1.82) is 0 Å². The van der Waals surface area contributed by atoms with Crippen LogP contribution in [0.5, 0.6) is 0 Å². The minimum absolute atomic E-state index is 0.256. The molecule has 1 fully saturated rings. The fraction of sp³-hybridized carbons (Fsp3) is 0.912. The van der Waals surface area contributed by atoms with Gasteiger partial charge in [0.2, 0.25) is 5.91 Å². The highest BCUT2D eigenvalue weighted by atomic mass is 16.7. The van der Waals surface area contributed by atoms with Crippen LogP contribution in [0, 0.1) is 0 Å². The van der Waals surface area contributed by atoms with Crippen LogP contribution in [-0.4, -0.2) is 110 Å². The molecule has 1 amide bonds. The maximum atomic E-state index is 13.1. The summed E-state index contributed by atoms with van der Waals surface area (Å²) in [6, 6.07) is -1.18. The van der Waals surface area contributed by atoms with Crippen LogP contribution in [0.15, 0.2) is 24.3 Å². The van der Waals surface area contributed by atoms with Crippen molar-refractivity contribution in [3.63, 3.8) is 0 Å². The lowest BCUT2D eigenvalue weighted by molar-refractivity contribution is -0.303. The molecular formula is C57H109NO10. The molecule has 11 heteroatoms. The molecule has 68 heavy (non-hydrogen) atoms. The van der Waals surface area contributed by atoms with Crippen LogP contribution >= 0.6 is 0 Å². The van der Waals surface area contributed by atoms with Crippen molar-refractivity contribution in [1.82, 2.24) is 5.32 Å². The molecule has 0 aliphatic carbocycles. The highest BCUT2D eigenvalue weighted by Gasteiger charge is 2.44. The average Bonchev–Trinajstić information content (AvgIpc) is 3.34. The summed E-state index contributed by atoms with van der Waals surface area (Å²) in [5, 5.41) is 75.5. The monoisotopic (exact) mass is 968 g/mol. The van der Waals surface area contributed by atoms with E-state index in [2.05, 4.69) is 43.5 Å². The van der Waals surface area contributed by atoms with Crippen molar-refractivity contribution >= 4 is 5.91 Å². The fourth-order valence-electron chi connectivity index (χ4n) is 9.25. The molecule has 9 unspecified atom stereocenters. The summed E-state index contributed by atoms with van der Waals surface area (Å²) in [6.07, 6.45) is 44.6. The number of amides is 1. The number of aliphatic hydroxyl groups is 7. The normalized spacial score (nSPS) is 20.6. The van der Waals surface area contributed by atoms with E-state index in [1.807, 2.05) is 0 Å². The number of nitrogens with one attached hydrogen (secondary N) is 1. The molecule has 1 aliphatic heterocycles. The van der Waals surface area contributed by atoms with Gasteiger partial charge in [-0.05, 0) is 57.8 Å². The second-order valence-electron chi connectivity index (χ2n) is 20.4. The van der Waals surface area contributed by atoms with Gasteiger partial charge in [0, 0.05) is 0 Å². The van der Waals surface area contributed by atoms with Gasteiger partial charge in [-0.15, -0.1) is 0 Å². The molecule has 0 aromatic heterocycles. The quantitative estimate of drug-likeness (QED) is 0.0215. The molecule has 0 aromatic rings. The zero-order chi connectivity index (χ0) is 49.7. The van der Waals surface area contributed by atoms with Crippen molar-refractivity contribution < 1.29 is 50.0 Å². The van der Waals surface area contributed by atoms with Gasteiger partial charge in [-0.1, -0.05) is 231 Å². The van der Waals surface area contributed by atoms with Gasteiger partial charge in [-0.2, -0.15) is 0 Å². The van der Waals surface area contributed by atoms with Gasteiger partial charge >= 0.3 is 0 Å². The van der Waals surface area contributed by atoms with Crippen LogP contribution in [0.25, 0.3) is 0 Å². The predicted octanol–water partition coefficient (Wildman–Crippen LogP) is 11.7. The Balaban J connectivity index is 2.09. The highest BCUT2D eigenvalue weighted by Crippen LogP contribution is 2.23. The van der Waals surface area contributed by atoms with E-state index in [4.69, 9.17) is 9.47 Å². The number of hydrogen-bond acceptors (Lipinski definition) is 10. The lowest BCUT2D eigenvalue weighted by Gasteiger charge is -2.40. The van der Waals surface area contributed by atoms with Gasteiger partial charge in [-0.25, -0.2) is 0 Å². The van der Waals surface area contributed by atoms with Gasteiger partial charge in [0.05, 0.1) is 25.4 Å². The molecule has 402 valence electrons. The molecule has 0 spiro atoms. The van der Waals surface area contributed by atoms with Gasteiger partial charge in [0.1, 0.15) is 36.6 Å². The summed E-state index contributed by atoms with van der Waals surface area (Å²) in [5.41, 5.74) is 0. The Morgan fingerprint density at radius 2 is 0.882 bits per heavy atom. The van der Waals surface area contributed by atoms with Crippen LogP contribution in [0.2, 0.25) is 0 Å². The van der Waals surface area contributed by atoms with Gasteiger partial charge in [-0.3, -0.25) is 4.79 Å².